The number of ether oxygens (including phenoxy) is 1. The minimum Gasteiger partial charge on any atom is -0.370 e. The van der Waals surface area contributed by atoms with Gasteiger partial charge in [-0.15, -0.1) is 11.3 Å². The molecule has 2 rings (SSSR count). The number of thiophene rings is 1. The van der Waals surface area contributed by atoms with Crippen LogP contribution in [-0.4, -0.2) is 18.7 Å². The second-order valence-electron chi connectivity index (χ2n) is 4.28. The lowest BCUT2D eigenvalue weighted by molar-refractivity contribution is -0.0297. The molecule has 4 heteroatoms. The van der Waals surface area contributed by atoms with Crippen LogP contribution in [-0.2, 0) is 4.74 Å². The molecule has 1 aromatic rings. The van der Waals surface area contributed by atoms with Crippen molar-refractivity contribution in [2.45, 2.75) is 31.9 Å². The van der Waals surface area contributed by atoms with E-state index >= 15 is 0 Å². The zero-order valence-electron chi connectivity index (χ0n) is 9.05. The minimum atomic E-state index is 0.135. The van der Waals surface area contributed by atoms with Gasteiger partial charge >= 0.3 is 0 Å². The zero-order chi connectivity index (χ0) is 10.9. The lowest BCUT2D eigenvalue weighted by Gasteiger charge is -2.38. The van der Waals surface area contributed by atoms with Crippen LogP contribution in [0.3, 0.4) is 0 Å². The number of rotatable bonds is 2. The Morgan fingerprint density at radius 2 is 2.53 bits per heavy atom. The van der Waals surface area contributed by atoms with Gasteiger partial charge in [-0.1, -0.05) is 18.5 Å². The average molecular weight is 246 g/mol. The molecule has 0 radical (unpaired) electrons. The zero-order valence-corrected chi connectivity index (χ0v) is 10.6. The van der Waals surface area contributed by atoms with E-state index in [2.05, 4.69) is 24.5 Å². The van der Waals surface area contributed by atoms with Crippen LogP contribution in [0, 0.1) is 0 Å². The van der Waals surface area contributed by atoms with Gasteiger partial charge in [0.05, 0.1) is 17.0 Å². The number of morpholine rings is 1. The van der Waals surface area contributed by atoms with E-state index in [1.165, 1.54) is 5.56 Å². The fourth-order valence-electron chi connectivity index (χ4n) is 1.67. The van der Waals surface area contributed by atoms with Gasteiger partial charge in [-0.25, -0.2) is 0 Å². The van der Waals surface area contributed by atoms with Crippen molar-refractivity contribution >= 4 is 22.9 Å². The summed E-state index contributed by atoms with van der Waals surface area (Å²) in [5.41, 5.74) is 1.33. The molecule has 1 saturated heterocycles. The fraction of sp³-hybridized carbons (Fsp3) is 0.636. The fourth-order valence-corrected chi connectivity index (χ4v) is 2.60. The summed E-state index contributed by atoms with van der Waals surface area (Å²) in [5.74, 6) is 0. The van der Waals surface area contributed by atoms with Crippen molar-refractivity contribution in [1.82, 2.24) is 5.32 Å². The van der Waals surface area contributed by atoms with Crippen LogP contribution in [0.25, 0.3) is 0 Å². The lowest BCUT2D eigenvalue weighted by Crippen LogP contribution is -2.52. The van der Waals surface area contributed by atoms with Crippen LogP contribution in [0.5, 0.6) is 0 Å². The van der Waals surface area contributed by atoms with Crippen LogP contribution < -0.4 is 5.32 Å². The second-order valence-corrected chi connectivity index (χ2v) is 5.82. The molecule has 2 heterocycles. The molecule has 0 aliphatic carbocycles. The highest BCUT2D eigenvalue weighted by Gasteiger charge is 2.30. The van der Waals surface area contributed by atoms with E-state index < -0.39 is 0 Å². The van der Waals surface area contributed by atoms with Gasteiger partial charge in [-0.2, -0.15) is 0 Å². The average Bonchev–Trinajstić information content (AvgIpc) is 2.66. The third-order valence-electron chi connectivity index (χ3n) is 3.06. The highest BCUT2D eigenvalue weighted by Crippen LogP contribution is 2.30. The third-order valence-corrected chi connectivity index (χ3v) is 4.17. The highest BCUT2D eigenvalue weighted by molar-refractivity contribution is 7.14. The molecule has 1 aromatic heterocycles. The number of halogens is 1. The number of hydrogen-bond acceptors (Lipinski definition) is 3. The van der Waals surface area contributed by atoms with Crippen molar-refractivity contribution in [2.24, 2.45) is 0 Å². The van der Waals surface area contributed by atoms with E-state index in [0.717, 1.165) is 23.9 Å². The Bertz CT molecular complexity index is 331. The van der Waals surface area contributed by atoms with Crippen LogP contribution in [0.1, 0.15) is 31.9 Å². The van der Waals surface area contributed by atoms with Crippen molar-refractivity contribution in [2.75, 3.05) is 13.2 Å². The van der Waals surface area contributed by atoms with Crippen molar-refractivity contribution in [1.29, 1.82) is 0 Å². The molecule has 0 spiro atoms. The van der Waals surface area contributed by atoms with Gasteiger partial charge in [-0.05, 0) is 30.4 Å². The summed E-state index contributed by atoms with van der Waals surface area (Å²) in [6.45, 7) is 6.01. The lowest BCUT2D eigenvalue weighted by atomic mass is 9.97. The van der Waals surface area contributed by atoms with Crippen molar-refractivity contribution in [3.05, 3.63) is 21.3 Å². The van der Waals surface area contributed by atoms with E-state index in [4.69, 9.17) is 16.3 Å². The molecule has 1 fully saturated rings. The summed E-state index contributed by atoms with van der Waals surface area (Å²) in [6.07, 6.45) is 1.25. The third kappa shape index (κ3) is 2.53. The predicted molar refractivity (Wildman–Crippen MR) is 64.7 cm³/mol. The Morgan fingerprint density at radius 1 is 1.73 bits per heavy atom. The monoisotopic (exact) mass is 245 g/mol. The van der Waals surface area contributed by atoms with Gasteiger partial charge in [0.2, 0.25) is 0 Å². The van der Waals surface area contributed by atoms with Crippen molar-refractivity contribution < 1.29 is 4.74 Å². The maximum atomic E-state index is 5.91. The molecule has 15 heavy (non-hydrogen) atoms. The Hall–Kier alpha value is -0.0900. The van der Waals surface area contributed by atoms with E-state index in [9.17, 15) is 0 Å². The minimum absolute atomic E-state index is 0.135. The number of hydrogen-bond donors (Lipinski definition) is 1. The molecule has 2 nitrogen and oxygen atoms in total. The van der Waals surface area contributed by atoms with Crippen molar-refractivity contribution in [3.8, 4) is 0 Å². The first-order valence-corrected chi connectivity index (χ1v) is 6.49. The summed E-state index contributed by atoms with van der Waals surface area (Å²) in [6, 6.07) is 1.99. The maximum absolute atomic E-state index is 5.91. The Kier molecular flexibility index (Phi) is 3.36. The molecule has 1 aliphatic rings. The van der Waals surface area contributed by atoms with Gasteiger partial charge in [-0.3, -0.25) is 0 Å². The molecule has 0 amide bonds. The Morgan fingerprint density at radius 3 is 3.00 bits per heavy atom. The molecule has 2 atom stereocenters. The highest BCUT2D eigenvalue weighted by atomic mass is 35.5. The van der Waals surface area contributed by atoms with Crippen LogP contribution >= 0.6 is 22.9 Å². The predicted octanol–water partition coefficient (Wildman–Crippen LogP) is 3.23. The van der Waals surface area contributed by atoms with Gasteiger partial charge in [0.25, 0.3) is 0 Å². The summed E-state index contributed by atoms with van der Waals surface area (Å²) in [5, 5.41) is 5.61. The van der Waals surface area contributed by atoms with Crippen LogP contribution in [0.2, 0.25) is 4.34 Å². The van der Waals surface area contributed by atoms with Crippen LogP contribution in [0.4, 0.5) is 0 Å². The summed E-state index contributed by atoms with van der Waals surface area (Å²) < 4.78 is 6.70. The standard InChI is InChI=1S/C11H16ClNOS/c1-3-11(2)7-14-9(5-13-11)8-4-10(12)15-6-8/h4,6,9,13H,3,5,7H2,1-2H3. The maximum Gasteiger partial charge on any atom is 0.0958 e. The first-order valence-electron chi connectivity index (χ1n) is 5.23. The van der Waals surface area contributed by atoms with Crippen LogP contribution in [0.15, 0.2) is 11.4 Å². The Balaban J connectivity index is 1.99. The molecule has 1 N–H and O–H groups in total. The first-order chi connectivity index (χ1) is 7.13. The van der Waals surface area contributed by atoms with Gasteiger partial charge in [0.15, 0.2) is 0 Å². The molecule has 2 unspecified atom stereocenters. The quantitative estimate of drug-likeness (QED) is 0.864. The van der Waals surface area contributed by atoms with Gasteiger partial charge in [0.1, 0.15) is 0 Å². The topological polar surface area (TPSA) is 21.3 Å². The molecule has 0 aromatic carbocycles. The second kappa shape index (κ2) is 4.42. The first kappa shape index (κ1) is 11.4. The summed E-state index contributed by atoms with van der Waals surface area (Å²) in [7, 11) is 0. The molecular weight excluding hydrogens is 230 g/mol. The van der Waals surface area contributed by atoms with Crippen molar-refractivity contribution in [3.63, 3.8) is 0 Å². The summed E-state index contributed by atoms with van der Waals surface area (Å²) >= 11 is 7.47. The van der Waals surface area contributed by atoms with E-state index in [-0.39, 0.29) is 11.6 Å². The number of nitrogens with one attached hydrogen (secondary N) is 1. The molecule has 0 saturated carbocycles. The summed E-state index contributed by atoms with van der Waals surface area (Å²) in [4.78, 5) is 0. The molecule has 84 valence electrons. The normalized spacial score (nSPS) is 31.8. The molecular formula is C11H16ClNOS. The smallest absolute Gasteiger partial charge is 0.0958 e. The van der Waals surface area contributed by atoms with E-state index in [1.54, 1.807) is 11.3 Å². The molecule has 1 aliphatic heterocycles. The molecule has 0 bridgehead atoms. The van der Waals surface area contributed by atoms with E-state index in [0.29, 0.717) is 0 Å². The largest absolute Gasteiger partial charge is 0.370 e. The van der Waals surface area contributed by atoms with Gasteiger partial charge in [0, 0.05) is 12.1 Å². The van der Waals surface area contributed by atoms with Gasteiger partial charge < -0.3 is 10.1 Å². The van der Waals surface area contributed by atoms with E-state index in [1.807, 2.05) is 6.07 Å². The SMILES string of the molecule is CCC1(C)COC(c2csc(Cl)c2)CN1. The Labute approximate surface area is 99.6 Å².